The number of hydrogen-bond donors (Lipinski definition) is 4. The molecule has 0 aromatic rings. The van der Waals surface area contributed by atoms with E-state index in [4.69, 9.17) is 4.74 Å². The van der Waals surface area contributed by atoms with E-state index in [2.05, 4.69) is 16.0 Å². The fourth-order valence-corrected chi connectivity index (χ4v) is 5.12. The van der Waals surface area contributed by atoms with Crippen LogP contribution in [0.2, 0.25) is 0 Å². The van der Waals surface area contributed by atoms with E-state index in [0.717, 1.165) is 32.1 Å². The van der Waals surface area contributed by atoms with Gasteiger partial charge in [0, 0.05) is 7.05 Å². The van der Waals surface area contributed by atoms with E-state index in [-0.39, 0.29) is 24.7 Å². The van der Waals surface area contributed by atoms with Crippen LogP contribution in [0.15, 0.2) is 0 Å². The number of rotatable bonds is 7. The smallest absolute Gasteiger partial charge is 0.310 e. The second kappa shape index (κ2) is 11.7. The average Bonchev–Trinajstić information content (AvgIpc) is 3.15. The average molecular weight is 496 g/mol. The van der Waals surface area contributed by atoms with Crippen molar-refractivity contribution >= 4 is 23.7 Å². The van der Waals surface area contributed by atoms with Crippen molar-refractivity contribution in [2.24, 2.45) is 23.2 Å². The highest BCUT2D eigenvalue weighted by atomic mass is 16.6. The zero-order chi connectivity index (χ0) is 26.6. The molecule has 0 radical (unpaired) electrons. The van der Waals surface area contributed by atoms with E-state index < -0.39 is 58.8 Å². The first kappa shape index (κ1) is 29.1. The monoisotopic (exact) mass is 495 g/mol. The van der Waals surface area contributed by atoms with Crippen molar-refractivity contribution in [3.8, 4) is 0 Å². The lowest BCUT2D eigenvalue weighted by Gasteiger charge is -2.35. The zero-order valence-corrected chi connectivity index (χ0v) is 22.4. The third kappa shape index (κ3) is 8.19. The van der Waals surface area contributed by atoms with Gasteiger partial charge in [-0.25, -0.2) is 0 Å². The summed E-state index contributed by atoms with van der Waals surface area (Å²) in [5.74, 6) is -3.21. The maximum Gasteiger partial charge on any atom is 0.310 e. The molecule has 2 aliphatic carbocycles. The maximum absolute atomic E-state index is 13.4. The third-order valence-electron chi connectivity index (χ3n) is 6.95. The van der Waals surface area contributed by atoms with Crippen LogP contribution in [0, 0.1) is 23.2 Å². The molecule has 0 unspecified atom stereocenters. The summed E-state index contributed by atoms with van der Waals surface area (Å²) in [7, 11) is 1.55. The zero-order valence-electron chi connectivity index (χ0n) is 22.4. The van der Waals surface area contributed by atoms with Gasteiger partial charge in [0.15, 0.2) is 0 Å². The van der Waals surface area contributed by atoms with Crippen molar-refractivity contribution in [1.29, 1.82) is 0 Å². The lowest BCUT2D eigenvalue weighted by molar-refractivity contribution is -0.163. The largest absolute Gasteiger partial charge is 0.460 e. The fourth-order valence-electron chi connectivity index (χ4n) is 5.12. The molecule has 2 aliphatic rings. The molecule has 0 aromatic carbocycles. The van der Waals surface area contributed by atoms with Gasteiger partial charge in [0.25, 0.3) is 0 Å². The lowest BCUT2D eigenvalue weighted by atomic mass is 9.82. The SMILES string of the molecule is CNC(=O)[C@@H](NC(=O)[C@@H](NC(=O)[C@@H]1C[C@@H](O)C[C@H]1C(=O)OC(C)(C)C)C(C)(C)C)C1CCCCC1. The molecule has 4 N–H and O–H groups in total. The fraction of sp³-hybridized carbons (Fsp3) is 0.846. The van der Waals surface area contributed by atoms with E-state index in [0.29, 0.717) is 0 Å². The van der Waals surface area contributed by atoms with Crippen LogP contribution in [-0.4, -0.2) is 59.6 Å². The predicted molar refractivity (Wildman–Crippen MR) is 132 cm³/mol. The Morgan fingerprint density at radius 1 is 0.857 bits per heavy atom. The molecule has 5 atom stereocenters. The first-order valence-corrected chi connectivity index (χ1v) is 12.9. The van der Waals surface area contributed by atoms with Gasteiger partial charge in [0.05, 0.1) is 17.9 Å². The van der Waals surface area contributed by atoms with Crippen LogP contribution in [-0.2, 0) is 23.9 Å². The Hall–Kier alpha value is -2.16. The molecule has 2 fully saturated rings. The number of carbonyl (C=O) groups excluding carboxylic acids is 4. The number of hydrogen-bond acceptors (Lipinski definition) is 6. The number of likely N-dealkylation sites (N-methyl/N-ethyl adjacent to an activating group) is 1. The topological polar surface area (TPSA) is 134 Å². The normalized spacial score (nSPS) is 25.3. The number of amides is 3. The molecule has 2 rings (SSSR count). The molecule has 200 valence electrons. The Balaban J connectivity index is 2.19. The highest BCUT2D eigenvalue weighted by molar-refractivity contribution is 5.94. The highest BCUT2D eigenvalue weighted by Gasteiger charge is 2.46. The summed E-state index contributed by atoms with van der Waals surface area (Å²) in [5, 5.41) is 18.6. The number of aliphatic hydroxyl groups excluding tert-OH is 1. The van der Waals surface area contributed by atoms with Gasteiger partial charge in [0.2, 0.25) is 17.7 Å². The number of aliphatic hydroxyl groups is 1. The molecule has 0 aliphatic heterocycles. The second-order valence-corrected chi connectivity index (χ2v) is 12.2. The van der Waals surface area contributed by atoms with Crippen molar-refractivity contribution < 1.29 is 29.0 Å². The van der Waals surface area contributed by atoms with Gasteiger partial charge in [-0.05, 0) is 57.8 Å². The summed E-state index contributed by atoms with van der Waals surface area (Å²) >= 11 is 0. The molecular formula is C26H45N3O6. The first-order valence-electron chi connectivity index (χ1n) is 12.9. The first-order chi connectivity index (χ1) is 16.1. The number of ether oxygens (including phenoxy) is 1. The molecule has 0 bridgehead atoms. The van der Waals surface area contributed by atoms with E-state index >= 15 is 0 Å². The minimum atomic E-state index is -0.928. The van der Waals surface area contributed by atoms with Crippen molar-refractivity contribution in [2.75, 3.05) is 7.05 Å². The standard InChI is InChI=1S/C26H45N3O6/c1-25(2,3)20(23(33)28-19(22(32)27-7)15-11-9-8-10-12-15)29-21(31)17-13-16(30)14-18(17)24(34)35-26(4,5)6/h15-20,30H,8-14H2,1-7H3,(H,27,32)(H,28,33)(H,29,31)/t16-,17-,18-,19+,20-/m1/s1. The maximum atomic E-state index is 13.4. The van der Waals surface area contributed by atoms with Crippen LogP contribution in [0.5, 0.6) is 0 Å². The quantitative estimate of drug-likeness (QED) is 0.400. The molecule has 0 spiro atoms. The Morgan fingerprint density at radius 2 is 1.43 bits per heavy atom. The Kier molecular flexibility index (Phi) is 9.73. The van der Waals surface area contributed by atoms with Crippen molar-refractivity contribution in [3.63, 3.8) is 0 Å². The van der Waals surface area contributed by atoms with Crippen molar-refractivity contribution in [2.45, 2.75) is 110 Å². The summed E-state index contributed by atoms with van der Waals surface area (Å²) in [5.41, 5.74) is -1.37. The molecule has 9 heteroatoms. The summed E-state index contributed by atoms with van der Waals surface area (Å²) in [6.45, 7) is 10.8. The summed E-state index contributed by atoms with van der Waals surface area (Å²) in [6.07, 6.45) is 4.35. The molecule has 0 aromatic heterocycles. The predicted octanol–water partition coefficient (Wildman–Crippen LogP) is 2.06. The van der Waals surface area contributed by atoms with Gasteiger partial charge < -0.3 is 25.8 Å². The van der Waals surface area contributed by atoms with E-state index in [1.807, 2.05) is 20.8 Å². The summed E-state index contributed by atoms with van der Waals surface area (Å²) < 4.78 is 5.47. The number of esters is 1. The van der Waals surface area contributed by atoms with Gasteiger partial charge >= 0.3 is 5.97 Å². The third-order valence-corrected chi connectivity index (χ3v) is 6.95. The molecule has 0 saturated heterocycles. The molecular weight excluding hydrogens is 450 g/mol. The highest BCUT2D eigenvalue weighted by Crippen LogP contribution is 2.35. The Morgan fingerprint density at radius 3 is 1.94 bits per heavy atom. The minimum absolute atomic E-state index is 0.0468. The van der Waals surface area contributed by atoms with Gasteiger partial charge in [-0.15, -0.1) is 0 Å². The Labute approximate surface area is 209 Å². The van der Waals surface area contributed by atoms with Gasteiger partial charge in [-0.2, -0.15) is 0 Å². The van der Waals surface area contributed by atoms with Gasteiger partial charge in [0.1, 0.15) is 17.7 Å². The van der Waals surface area contributed by atoms with Crippen LogP contribution in [0.3, 0.4) is 0 Å². The molecule has 0 heterocycles. The molecule has 2 saturated carbocycles. The van der Waals surface area contributed by atoms with Crippen LogP contribution >= 0.6 is 0 Å². The Bertz CT molecular complexity index is 779. The number of carbonyl (C=O) groups is 4. The van der Waals surface area contributed by atoms with Gasteiger partial charge in [-0.1, -0.05) is 40.0 Å². The van der Waals surface area contributed by atoms with Crippen LogP contribution in [0.1, 0.15) is 86.5 Å². The van der Waals surface area contributed by atoms with Crippen LogP contribution < -0.4 is 16.0 Å². The molecule has 9 nitrogen and oxygen atoms in total. The summed E-state index contributed by atoms with van der Waals surface area (Å²) in [4.78, 5) is 52.1. The van der Waals surface area contributed by atoms with Crippen LogP contribution in [0.4, 0.5) is 0 Å². The number of nitrogens with one attached hydrogen (secondary N) is 3. The lowest BCUT2D eigenvalue weighted by Crippen LogP contribution is -2.60. The van der Waals surface area contributed by atoms with E-state index in [1.165, 1.54) is 0 Å². The summed E-state index contributed by atoms with van der Waals surface area (Å²) in [6, 6.07) is -1.60. The van der Waals surface area contributed by atoms with Crippen molar-refractivity contribution in [3.05, 3.63) is 0 Å². The minimum Gasteiger partial charge on any atom is -0.460 e. The van der Waals surface area contributed by atoms with Crippen molar-refractivity contribution in [1.82, 2.24) is 16.0 Å². The van der Waals surface area contributed by atoms with E-state index in [9.17, 15) is 24.3 Å². The second-order valence-electron chi connectivity index (χ2n) is 12.2. The van der Waals surface area contributed by atoms with Gasteiger partial charge in [-0.3, -0.25) is 19.2 Å². The molecule has 3 amide bonds. The van der Waals surface area contributed by atoms with E-state index in [1.54, 1.807) is 27.8 Å². The van der Waals surface area contributed by atoms with Crippen LogP contribution in [0.25, 0.3) is 0 Å². The molecule has 35 heavy (non-hydrogen) atoms.